The number of rotatable bonds is 4. The molecule has 1 N–H and O–H groups in total. The predicted octanol–water partition coefficient (Wildman–Crippen LogP) is 2.56. The Morgan fingerprint density at radius 1 is 1.16 bits per heavy atom. The summed E-state index contributed by atoms with van der Waals surface area (Å²) in [4.78, 5) is 38.0. The predicted molar refractivity (Wildman–Crippen MR) is 92.8 cm³/mol. The van der Waals surface area contributed by atoms with Gasteiger partial charge in [0.1, 0.15) is 12.1 Å². The standard InChI is InChI=1S/C19H20N2O4/c1-12(2)25-16(22)11-21-17(23)19(3,20-18(21)24)15-10-6-8-13-7-4-5-9-14(13)15/h4-10,12H,11H2,1-3H3,(H,20,24). The monoisotopic (exact) mass is 340 g/mol. The zero-order valence-electron chi connectivity index (χ0n) is 14.4. The number of ether oxygens (including phenoxy) is 1. The third-order valence-corrected chi connectivity index (χ3v) is 4.26. The van der Waals surface area contributed by atoms with Gasteiger partial charge in [-0.25, -0.2) is 4.79 Å². The summed E-state index contributed by atoms with van der Waals surface area (Å²) < 4.78 is 5.04. The number of nitrogens with one attached hydrogen (secondary N) is 1. The van der Waals surface area contributed by atoms with Crippen molar-refractivity contribution in [1.82, 2.24) is 10.2 Å². The zero-order chi connectivity index (χ0) is 18.2. The number of amides is 3. The Labute approximate surface area is 145 Å². The highest BCUT2D eigenvalue weighted by Gasteiger charge is 2.50. The lowest BCUT2D eigenvalue weighted by atomic mass is 9.88. The van der Waals surface area contributed by atoms with Crippen LogP contribution in [0.2, 0.25) is 0 Å². The van der Waals surface area contributed by atoms with Crippen molar-refractivity contribution < 1.29 is 19.1 Å². The Hall–Kier alpha value is -2.89. The number of imide groups is 1. The molecular weight excluding hydrogens is 320 g/mol. The quantitative estimate of drug-likeness (QED) is 0.685. The van der Waals surface area contributed by atoms with Crippen molar-refractivity contribution in [3.63, 3.8) is 0 Å². The van der Waals surface area contributed by atoms with Crippen molar-refractivity contribution in [2.45, 2.75) is 32.4 Å². The van der Waals surface area contributed by atoms with E-state index in [4.69, 9.17) is 4.74 Å². The summed E-state index contributed by atoms with van der Waals surface area (Å²) >= 11 is 0. The molecule has 2 aromatic carbocycles. The molecule has 2 aromatic rings. The van der Waals surface area contributed by atoms with Crippen molar-refractivity contribution in [1.29, 1.82) is 0 Å². The van der Waals surface area contributed by atoms with Crippen LogP contribution in [0.3, 0.4) is 0 Å². The summed E-state index contributed by atoms with van der Waals surface area (Å²) in [6, 6.07) is 12.7. The van der Waals surface area contributed by atoms with Crippen LogP contribution in [0.5, 0.6) is 0 Å². The second-order valence-corrected chi connectivity index (χ2v) is 6.51. The van der Waals surface area contributed by atoms with Crippen LogP contribution in [0.4, 0.5) is 4.79 Å². The molecule has 0 aliphatic carbocycles. The lowest BCUT2D eigenvalue weighted by Crippen LogP contribution is -2.42. The molecule has 130 valence electrons. The highest BCUT2D eigenvalue weighted by atomic mass is 16.5. The van der Waals surface area contributed by atoms with E-state index in [-0.39, 0.29) is 6.10 Å². The van der Waals surface area contributed by atoms with Gasteiger partial charge in [0.15, 0.2) is 0 Å². The topological polar surface area (TPSA) is 75.7 Å². The van der Waals surface area contributed by atoms with Crippen LogP contribution < -0.4 is 5.32 Å². The maximum Gasteiger partial charge on any atom is 0.326 e. The number of hydrogen-bond donors (Lipinski definition) is 1. The van der Waals surface area contributed by atoms with E-state index >= 15 is 0 Å². The fraction of sp³-hybridized carbons (Fsp3) is 0.316. The molecule has 1 fully saturated rings. The first kappa shape index (κ1) is 17.0. The van der Waals surface area contributed by atoms with E-state index in [0.29, 0.717) is 5.56 Å². The molecule has 0 aromatic heterocycles. The van der Waals surface area contributed by atoms with Crippen LogP contribution in [-0.4, -0.2) is 35.5 Å². The lowest BCUT2D eigenvalue weighted by molar-refractivity contribution is -0.150. The molecule has 1 atom stereocenters. The molecule has 6 heteroatoms. The molecule has 0 bridgehead atoms. The first-order chi connectivity index (χ1) is 11.8. The molecule has 3 amide bonds. The summed E-state index contributed by atoms with van der Waals surface area (Å²) in [7, 11) is 0. The Kier molecular flexibility index (Phi) is 4.20. The van der Waals surface area contributed by atoms with Gasteiger partial charge in [-0.2, -0.15) is 0 Å². The normalized spacial score (nSPS) is 20.2. The van der Waals surface area contributed by atoms with Crippen LogP contribution in [0.1, 0.15) is 26.3 Å². The molecule has 0 saturated carbocycles. The Morgan fingerprint density at radius 3 is 2.56 bits per heavy atom. The van der Waals surface area contributed by atoms with E-state index in [9.17, 15) is 14.4 Å². The van der Waals surface area contributed by atoms with Crippen molar-refractivity contribution in [3.8, 4) is 0 Å². The molecule has 1 saturated heterocycles. The SMILES string of the molecule is CC(C)OC(=O)CN1C(=O)NC(C)(c2cccc3ccccc23)C1=O. The van der Waals surface area contributed by atoms with E-state index in [2.05, 4.69) is 5.32 Å². The van der Waals surface area contributed by atoms with Gasteiger partial charge in [0.25, 0.3) is 5.91 Å². The summed E-state index contributed by atoms with van der Waals surface area (Å²) in [5, 5.41) is 4.58. The summed E-state index contributed by atoms with van der Waals surface area (Å²) in [6.45, 7) is 4.68. The van der Waals surface area contributed by atoms with Crippen molar-refractivity contribution >= 4 is 28.7 Å². The number of carbonyl (C=O) groups is 3. The summed E-state index contributed by atoms with van der Waals surface area (Å²) in [5.74, 6) is -1.07. The second kappa shape index (κ2) is 6.20. The summed E-state index contributed by atoms with van der Waals surface area (Å²) in [6.07, 6.45) is -0.308. The average molecular weight is 340 g/mol. The van der Waals surface area contributed by atoms with Crippen LogP contribution in [-0.2, 0) is 19.9 Å². The van der Waals surface area contributed by atoms with Gasteiger partial charge in [0, 0.05) is 0 Å². The number of nitrogens with zero attached hydrogens (tertiary/aromatic N) is 1. The van der Waals surface area contributed by atoms with Gasteiger partial charge in [0.2, 0.25) is 0 Å². The molecule has 1 aliphatic heterocycles. The first-order valence-electron chi connectivity index (χ1n) is 8.15. The largest absolute Gasteiger partial charge is 0.462 e. The molecule has 3 rings (SSSR count). The van der Waals surface area contributed by atoms with Crippen LogP contribution in [0.25, 0.3) is 10.8 Å². The minimum absolute atomic E-state index is 0.308. The highest BCUT2D eigenvalue weighted by Crippen LogP contribution is 2.33. The number of urea groups is 1. The smallest absolute Gasteiger partial charge is 0.326 e. The molecule has 25 heavy (non-hydrogen) atoms. The second-order valence-electron chi connectivity index (χ2n) is 6.51. The number of esters is 1. The van der Waals surface area contributed by atoms with Crippen molar-refractivity contribution in [2.75, 3.05) is 6.54 Å². The Bertz CT molecular complexity index is 856. The van der Waals surface area contributed by atoms with Gasteiger partial charge in [-0.15, -0.1) is 0 Å². The fourth-order valence-corrected chi connectivity index (χ4v) is 3.11. The minimum Gasteiger partial charge on any atom is -0.462 e. The van der Waals surface area contributed by atoms with E-state index in [0.717, 1.165) is 15.7 Å². The third-order valence-electron chi connectivity index (χ3n) is 4.26. The molecule has 1 heterocycles. The van der Waals surface area contributed by atoms with Gasteiger partial charge in [-0.3, -0.25) is 14.5 Å². The molecule has 1 aliphatic rings. The fourth-order valence-electron chi connectivity index (χ4n) is 3.11. The number of benzene rings is 2. The number of carbonyl (C=O) groups excluding carboxylic acids is 3. The first-order valence-corrected chi connectivity index (χ1v) is 8.15. The van der Waals surface area contributed by atoms with Crippen LogP contribution in [0.15, 0.2) is 42.5 Å². The Balaban J connectivity index is 1.95. The molecule has 6 nitrogen and oxygen atoms in total. The van der Waals surface area contributed by atoms with Crippen molar-refractivity contribution in [2.24, 2.45) is 0 Å². The maximum absolute atomic E-state index is 12.9. The van der Waals surface area contributed by atoms with E-state index in [1.807, 2.05) is 42.5 Å². The molecule has 0 spiro atoms. The number of hydrogen-bond acceptors (Lipinski definition) is 4. The highest BCUT2D eigenvalue weighted by molar-refractivity contribution is 6.10. The average Bonchev–Trinajstić information content (AvgIpc) is 2.78. The van der Waals surface area contributed by atoms with Gasteiger partial charge in [-0.1, -0.05) is 42.5 Å². The van der Waals surface area contributed by atoms with E-state index in [1.54, 1.807) is 20.8 Å². The van der Waals surface area contributed by atoms with E-state index in [1.165, 1.54) is 0 Å². The molecular formula is C19H20N2O4. The van der Waals surface area contributed by atoms with Crippen LogP contribution >= 0.6 is 0 Å². The van der Waals surface area contributed by atoms with Crippen molar-refractivity contribution in [3.05, 3.63) is 48.0 Å². The molecule has 0 radical (unpaired) electrons. The lowest BCUT2D eigenvalue weighted by Gasteiger charge is -2.24. The minimum atomic E-state index is -1.23. The van der Waals surface area contributed by atoms with Gasteiger partial charge < -0.3 is 10.1 Å². The van der Waals surface area contributed by atoms with Gasteiger partial charge in [0.05, 0.1) is 6.10 Å². The zero-order valence-corrected chi connectivity index (χ0v) is 14.4. The molecule has 1 unspecified atom stereocenters. The van der Waals surface area contributed by atoms with Gasteiger partial charge in [-0.05, 0) is 37.1 Å². The Morgan fingerprint density at radius 2 is 1.84 bits per heavy atom. The third kappa shape index (κ3) is 2.95. The summed E-state index contributed by atoms with van der Waals surface area (Å²) in [5.41, 5.74) is -0.528. The van der Waals surface area contributed by atoms with Gasteiger partial charge >= 0.3 is 12.0 Å². The number of fused-ring (bicyclic) bond motifs is 1. The maximum atomic E-state index is 12.9. The van der Waals surface area contributed by atoms with E-state index < -0.39 is 30.0 Å². The van der Waals surface area contributed by atoms with Crippen LogP contribution in [0, 0.1) is 0 Å².